The maximum absolute atomic E-state index is 12.0. The predicted octanol–water partition coefficient (Wildman–Crippen LogP) is 2.90. The molecule has 94 valence electrons. The number of aromatic nitrogens is 3. The average molecular weight is 327 g/mol. The van der Waals surface area contributed by atoms with E-state index in [1.807, 2.05) is 6.92 Å². The van der Waals surface area contributed by atoms with Crippen molar-refractivity contribution < 1.29 is 4.79 Å². The van der Waals surface area contributed by atoms with Crippen LogP contribution in [0.1, 0.15) is 28.7 Å². The molecule has 0 aromatic carbocycles. The third kappa shape index (κ3) is 3.11. The van der Waals surface area contributed by atoms with Gasteiger partial charge in [0.05, 0.1) is 5.69 Å². The fourth-order valence-electron chi connectivity index (χ4n) is 1.43. The van der Waals surface area contributed by atoms with E-state index in [1.54, 1.807) is 18.3 Å². The summed E-state index contributed by atoms with van der Waals surface area (Å²) >= 11 is 4.44. The van der Waals surface area contributed by atoms with Crippen LogP contribution in [0.3, 0.4) is 0 Å². The second-order valence-corrected chi connectivity index (χ2v) is 5.28. The van der Waals surface area contributed by atoms with Gasteiger partial charge in [0.15, 0.2) is 0 Å². The number of pyridine rings is 1. The minimum Gasteiger partial charge on any atom is -0.306 e. The quantitative estimate of drug-likeness (QED) is 0.937. The van der Waals surface area contributed by atoms with Crippen molar-refractivity contribution in [2.75, 3.05) is 5.32 Å². The molecule has 0 aliphatic carbocycles. The van der Waals surface area contributed by atoms with E-state index in [0.717, 1.165) is 34.5 Å². The molecule has 1 amide bonds. The first kappa shape index (κ1) is 13.1. The van der Waals surface area contributed by atoms with Crippen molar-refractivity contribution in [3.05, 3.63) is 33.4 Å². The lowest BCUT2D eigenvalue weighted by molar-refractivity contribution is 0.102. The molecule has 0 bridgehead atoms. The molecular formula is C11H11BrN4OS. The Morgan fingerprint density at radius 2 is 2.39 bits per heavy atom. The van der Waals surface area contributed by atoms with E-state index >= 15 is 0 Å². The zero-order chi connectivity index (χ0) is 13.0. The average Bonchev–Trinajstić information content (AvgIpc) is 2.78. The standard InChI is InChI=1S/C11H11BrN4OS/c1-2-3-8-10(18-16-15-8)11(17)14-9-6-7(12)4-5-13-9/h4-6H,2-3H2,1H3,(H,13,14,17). The van der Waals surface area contributed by atoms with Crippen molar-refractivity contribution in [2.45, 2.75) is 19.8 Å². The third-order valence-corrected chi connectivity index (χ3v) is 3.47. The highest BCUT2D eigenvalue weighted by molar-refractivity contribution is 9.10. The molecule has 1 N–H and O–H groups in total. The monoisotopic (exact) mass is 326 g/mol. The molecule has 2 aromatic heterocycles. The van der Waals surface area contributed by atoms with E-state index in [-0.39, 0.29) is 5.91 Å². The molecule has 2 heterocycles. The largest absolute Gasteiger partial charge is 0.306 e. The van der Waals surface area contributed by atoms with Crippen LogP contribution < -0.4 is 5.32 Å². The van der Waals surface area contributed by atoms with E-state index in [9.17, 15) is 4.79 Å². The lowest BCUT2D eigenvalue weighted by atomic mass is 10.2. The van der Waals surface area contributed by atoms with Gasteiger partial charge in [-0.25, -0.2) is 4.98 Å². The number of anilines is 1. The predicted molar refractivity (Wildman–Crippen MR) is 73.8 cm³/mol. The number of rotatable bonds is 4. The normalized spacial score (nSPS) is 10.3. The van der Waals surface area contributed by atoms with E-state index < -0.39 is 0 Å². The summed E-state index contributed by atoms with van der Waals surface area (Å²) in [4.78, 5) is 16.7. The van der Waals surface area contributed by atoms with E-state index in [2.05, 4.69) is 35.8 Å². The highest BCUT2D eigenvalue weighted by Gasteiger charge is 2.16. The molecule has 7 heteroatoms. The van der Waals surface area contributed by atoms with Gasteiger partial charge in [0.25, 0.3) is 5.91 Å². The number of halogens is 1. The Labute approximate surface area is 117 Å². The number of hydrogen-bond acceptors (Lipinski definition) is 5. The Morgan fingerprint density at radius 3 is 3.11 bits per heavy atom. The van der Waals surface area contributed by atoms with Gasteiger partial charge in [0.2, 0.25) is 0 Å². The second kappa shape index (κ2) is 6.01. The van der Waals surface area contributed by atoms with Gasteiger partial charge in [-0.15, -0.1) is 5.10 Å². The molecule has 18 heavy (non-hydrogen) atoms. The molecular weight excluding hydrogens is 316 g/mol. The van der Waals surface area contributed by atoms with Crippen LogP contribution in [0.2, 0.25) is 0 Å². The first-order chi connectivity index (χ1) is 8.70. The van der Waals surface area contributed by atoms with Crippen LogP contribution >= 0.6 is 27.5 Å². The van der Waals surface area contributed by atoms with Crippen molar-refractivity contribution in [1.82, 2.24) is 14.6 Å². The van der Waals surface area contributed by atoms with Crippen molar-refractivity contribution in [1.29, 1.82) is 0 Å². The Balaban J connectivity index is 2.14. The van der Waals surface area contributed by atoms with Gasteiger partial charge < -0.3 is 5.32 Å². The molecule has 0 fully saturated rings. The molecule has 2 aromatic rings. The van der Waals surface area contributed by atoms with Crippen LogP contribution in [0.4, 0.5) is 5.82 Å². The summed E-state index contributed by atoms with van der Waals surface area (Å²) in [5.74, 6) is 0.296. The topological polar surface area (TPSA) is 67.8 Å². The summed E-state index contributed by atoms with van der Waals surface area (Å²) < 4.78 is 4.69. The first-order valence-electron chi connectivity index (χ1n) is 5.45. The van der Waals surface area contributed by atoms with Crippen LogP contribution in [0.5, 0.6) is 0 Å². The summed E-state index contributed by atoms with van der Waals surface area (Å²) in [6.45, 7) is 2.04. The summed E-state index contributed by atoms with van der Waals surface area (Å²) in [5, 5.41) is 6.70. The van der Waals surface area contributed by atoms with E-state index in [0.29, 0.717) is 10.7 Å². The smallest absolute Gasteiger partial charge is 0.270 e. The summed E-state index contributed by atoms with van der Waals surface area (Å²) in [5.41, 5.74) is 0.745. The number of nitrogens with zero attached hydrogens (tertiary/aromatic N) is 3. The molecule has 0 aliphatic rings. The first-order valence-corrected chi connectivity index (χ1v) is 7.01. The fraction of sp³-hybridized carbons (Fsp3) is 0.273. The maximum Gasteiger partial charge on any atom is 0.270 e. The minimum absolute atomic E-state index is 0.209. The molecule has 0 saturated carbocycles. The van der Waals surface area contributed by atoms with Crippen LogP contribution in [-0.2, 0) is 6.42 Å². The van der Waals surface area contributed by atoms with Crippen LogP contribution in [0, 0.1) is 0 Å². The van der Waals surface area contributed by atoms with Gasteiger partial charge in [-0.3, -0.25) is 4.79 Å². The molecule has 0 radical (unpaired) electrons. The van der Waals surface area contributed by atoms with Crippen LogP contribution in [-0.4, -0.2) is 20.5 Å². The molecule has 5 nitrogen and oxygen atoms in total. The highest BCUT2D eigenvalue weighted by Crippen LogP contribution is 2.17. The zero-order valence-corrected chi connectivity index (χ0v) is 12.1. The lowest BCUT2D eigenvalue weighted by Crippen LogP contribution is -2.13. The highest BCUT2D eigenvalue weighted by atomic mass is 79.9. The molecule has 0 unspecified atom stereocenters. The third-order valence-electron chi connectivity index (χ3n) is 2.21. The molecule has 0 spiro atoms. The van der Waals surface area contributed by atoms with Crippen molar-refractivity contribution in [2.24, 2.45) is 0 Å². The van der Waals surface area contributed by atoms with Crippen molar-refractivity contribution >= 4 is 39.2 Å². The number of amides is 1. The van der Waals surface area contributed by atoms with Gasteiger partial charge in [0, 0.05) is 10.7 Å². The minimum atomic E-state index is -0.209. The Hall–Kier alpha value is -1.34. The van der Waals surface area contributed by atoms with E-state index in [4.69, 9.17) is 0 Å². The van der Waals surface area contributed by atoms with Crippen molar-refractivity contribution in [3.8, 4) is 0 Å². The van der Waals surface area contributed by atoms with Crippen molar-refractivity contribution in [3.63, 3.8) is 0 Å². The van der Waals surface area contributed by atoms with Gasteiger partial charge in [-0.1, -0.05) is 33.8 Å². The SMILES string of the molecule is CCCc1nnsc1C(=O)Nc1cc(Br)ccn1. The number of hydrogen-bond donors (Lipinski definition) is 1. The Bertz CT molecular complexity index is 557. The fourth-order valence-corrected chi connectivity index (χ4v) is 2.37. The Kier molecular flexibility index (Phi) is 4.38. The number of carbonyl (C=O) groups is 1. The maximum atomic E-state index is 12.0. The number of aryl methyl sites for hydroxylation is 1. The summed E-state index contributed by atoms with van der Waals surface area (Å²) in [7, 11) is 0. The zero-order valence-electron chi connectivity index (χ0n) is 9.68. The second-order valence-electron chi connectivity index (χ2n) is 3.61. The van der Waals surface area contributed by atoms with E-state index in [1.165, 1.54) is 0 Å². The number of carbonyl (C=O) groups excluding carboxylic acids is 1. The molecule has 0 aliphatic heterocycles. The molecule has 0 atom stereocenters. The Morgan fingerprint density at radius 1 is 1.56 bits per heavy atom. The van der Waals surface area contributed by atoms with Gasteiger partial charge in [0.1, 0.15) is 10.7 Å². The van der Waals surface area contributed by atoms with Crippen LogP contribution in [0.15, 0.2) is 22.8 Å². The van der Waals surface area contributed by atoms with Crippen LogP contribution in [0.25, 0.3) is 0 Å². The molecule has 0 saturated heterocycles. The molecule has 2 rings (SSSR count). The van der Waals surface area contributed by atoms with Gasteiger partial charge in [-0.05, 0) is 30.1 Å². The lowest BCUT2D eigenvalue weighted by Gasteiger charge is -2.03. The number of nitrogens with one attached hydrogen (secondary N) is 1. The summed E-state index contributed by atoms with van der Waals surface area (Å²) in [6, 6.07) is 3.54. The van der Waals surface area contributed by atoms with Gasteiger partial charge >= 0.3 is 0 Å². The summed E-state index contributed by atoms with van der Waals surface area (Å²) in [6.07, 6.45) is 3.31. The van der Waals surface area contributed by atoms with Gasteiger partial charge in [-0.2, -0.15) is 0 Å².